The summed E-state index contributed by atoms with van der Waals surface area (Å²) in [6.07, 6.45) is 0. The first kappa shape index (κ1) is 13.3. The molecular formula is C14H18BrN3. The standard InChI is InChI=1S/C14H18BrN3/c1-10-6-11(2)18(17-10)9-13-5-4-12(8-16-3)7-14(13)15/h4-7,16H,8-9H2,1-3H3. The van der Waals surface area contributed by atoms with Gasteiger partial charge in [-0.15, -0.1) is 0 Å². The Morgan fingerprint density at radius 2 is 2.06 bits per heavy atom. The number of rotatable bonds is 4. The van der Waals surface area contributed by atoms with E-state index in [1.165, 1.54) is 16.8 Å². The molecule has 0 saturated carbocycles. The van der Waals surface area contributed by atoms with Gasteiger partial charge in [-0.25, -0.2) is 0 Å². The Morgan fingerprint density at radius 1 is 1.28 bits per heavy atom. The van der Waals surface area contributed by atoms with Crippen LogP contribution in [0.5, 0.6) is 0 Å². The van der Waals surface area contributed by atoms with Gasteiger partial charge in [0, 0.05) is 16.7 Å². The van der Waals surface area contributed by atoms with Crippen molar-refractivity contribution in [3.63, 3.8) is 0 Å². The van der Waals surface area contributed by atoms with Crippen LogP contribution >= 0.6 is 15.9 Å². The van der Waals surface area contributed by atoms with Gasteiger partial charge in [-0.3, -0.25) is 4.68 Å². The Kier molecular flexibility index (Phi) is 4.19. The maximum absolute atomic E-state index is 4.49. The highest BCUT2D eigenvalue weighted by Gasteiger charge is 2.05. The summed E-state index contributed by atoms with van der Waals surface area (Å²) in [7, 11) is 1.96. The lowest BCUT2D eigenvalue weighted by atomic mass is 10.1. The number of halogens is 1. The fourth-order valence-electron chi connectivity index (χ4n) is 2.03. The zero-order chi connectivity index (χ0) is 13.1. The molecule has 0 aliphatic heterocycles. The number of aromatic nitrogens is 2. The van der Waals surface area contributed by atoms with Crippen LogP contribution in [0.15, 0.2) is 28.7 Å². The second-order valence-corrected chi connectivity index (χ2v) is 5.40. The molecule has 0 atom stereocenters. The molecule has 18 heavy (non-hydrogen) atoms. The number of aryl methyl sites for hydroxylation is 2. The maximum atomic E-state index is 4.49. The van der Waals surface area contributed by atoms with E-state index in [0.29, 0.717) is 0 Å². The largest absolute Gasteiger partial charge is 0.316 e. The van der Waals surface area contributed by atoms with Crippen LogP contribution in [0.4, 0.5) is 0 Å². The molecule has 0 radical (unpaired) electrons. The van der Waals surface area contributed by atoms with Crippen molar-refractivity contribution in [2.45, 2.75) is 26.9 Å². The third kappa shape index (κ3) is 3.00. The summed E-state index contributed by atoms with van der Waals surface area (Å²) in [5.74, 6) is 0. The molecule has 0 aliphatic rings. The lowest BCUT2D eigenvalue weighted by Crippen LogP contribution is -2.07. The van der Waals surface area contributed by atoms with Crippen LogP contribution in [0.2, 0.25) is 0 Å². The Labute approximate surface area is 116 Å². The van der Waals surface area contributed by atoms with Crippen LogP contribution in [-0.2, 0) is 13.1 Å². The molecule has 2 aromatic rings. The van der Waals surface area contributed by atoms with Crippen molar-refractivity contribution in [1.29, 1.82) is 0 Å². The van der Waals surface area contributed by atoms with Crippen molar-refractivity contribution in [2.24, 2.45) is 0 Å². The van der Waals surface area contributed by atoms with Crippen molar-refractivity contribution in [1.82, 2.24) is 15.1 Å². The maximum Gasteiger partial charge on any atom is 0.0673 e. The molecule has 0 bridgehead atoms. The normalized spacial score (nSPS) is 10.9. The average Bonchev–Trinajstić information content (AvgIpc) is 2.62. The van der Waals surface area contributed by atoms with E-state index in [0.717, 1.165) is 23.3 Å². The molecule has 0 unspecified atom stereocenters. The van der Waals surface area contributed by atoms with Crippen LogP contribution in [0.25, 0.3) is 0 Å². The summed E-state index contributed by atoms with van der Waals surface area (Å²) >= 11 is 3.64. The number of nitrogens with one attached hydrogen (secondary N) is 1. The molecule has 96 valence electrons. The van der Waals surface area contributed by atoms with Crippen LogP contribution in [0, 0.1) is 13.8 Å². The summed E-state index contributed by atoms with van der Waals surface area (Å²) in [5, 5.41) is 7.64. The summed E-state index contributed by atoms with van der Waals surface area (Å²) < 4.78 is 3.18. The van der Waals surface area contributed by atoms with Gasteiger partial charge in [0.1, 0.15) is 0 Å². The monoisotopic (exact) mass is 307 g/mol. The van der Waals surface area contributed by atoms with Gasteiger partial charge in [-0.05, 0) is 44.2 Å². The molecule has 2 rings (SSSR count). The van der Waals surface area contributed by atoms with Crippen LogP contribution in [0.3, 0.4) is 0 Å². The molecule has 0 amide bonds. The highest BCUT2D eigenvalue weighted by molar-refractivity contribution is 9.10. The van der Waals surface area contributed by atoms with E-state index in [4.69, 9.17) is 0 Å². The van der Waals surface area contributed by atoms with Crippen molar-refractivity contribution in [3.05, 3.63) is 51.3 Å². The van der Waals surface area contributed by atoms with Gasteiger partial charge in [0.2, 0.25) is 0 Å². The van der Waals surface area contributed by atoms with Gasteiger partial charge in [0.05, 0.1) is 12.2 Å². The lowest BCUT2D eigenvalue weighted by Gasteiger charge is -2.09. The minimum absolute atomic E-state index is 0.806. The first-order chi connectivity index (χ1) is 8.60. The van der Waals surface area contributed by atoms with Crippen molar-refractivity contribution in [3.8, 4) is 0 Å². The Morgan fingerprint density at radius 3 is 2.61 bits per heavy atom. The minimum Gasteiger partial charge on any atom is -0.316 e. The van der Waals surface area contributed by atoms with E-state index in [1.807, 2.05) is 18.7 Å². The Balaban J connectivity index is 2.21. The molecule has 1 aromatic carbocycles. The summed E-state index contributed by atoms with van der Waals surface area (Å²) in [6.45, 7) is 5.80. The first-order valence-electron chi connectivity index (χ1n) is 6.03. The Bertz CT molecular complexity index is 546. The highest BCUT2D eigenvalue weighted by Crippen LogP contribution is 2.20. The second-order valence-electron chi connectivity index (χ2n) is 4.54. The molecule has 3 nitrogen and oxygen atoms in total. The molecule has 0 aliphatic carbocycles. The topological polar surface area (TPSA) is 29.9 Å². The number of hydrogen-bond acceptors (Lipinski definition) is 2. The zero-order valence-corrected chi connectivity index (χ0v) is 12.6. The summed E-state index contributed by atoms with van der Waals surface area (Å²) in [4.78, 5) is 0. The van der Waals surface area contributed by atoms with E-state index in [-0.39, 0.29) is 0 Å². The third-order valence-corrected chi connectivity index (χ3v) is 3.66. The molecule has 1 heterocycles. The molecule has 4 heteroatoms. The summed E-state index contributed by atoms with van der Waals surface area (Å²) in [6, 6.07) is 8.58. The number of hydrogen-bond donors (Lipinski definition) is 1. The fraction of sp³-hybridized carbons (Fsp3) is 0.357. The van der Waals surface area contributed by atoms with Crippen LogP contribution in [-0.4, -0.2) is 16.8 Å². The summed E-state index contributed by atoms with van der Waals surface area (Å²) in [5.41, 5.74) is 4.79. The zero-order valence-electron chi connectivity index (χ0n) is 11.0. The smallest absolute Gasteiger partial charge is 0.0673 e. The first-order valence-corrected chi connectivity index (χ1v) is 6.82. The predicted molar refractivity (Wildman–Crippen MR) is 77.7 cm³/mol. The second kappa shape index (κ2) is 5.67. The van der Waals surface area contributed by atoms with Crippen molar-refractivity contribution < 1.29 is 0 Å². The number of benzene rings is 1. The van der Waals surface area contributed by atoms with E-state index in [9.17, 15) is 0 Å². The number of nitrogens with zero attached hydrogens (tertiary/aromatic N) is 2. The highest BCUT2D eigenvalue weighted by atomic mass is 79.9. The SMILES string of the molecule is CNCc1ccc(Cn2nc(C)cc2C)c(Br)c1. The quantitative estimate of drug-likeness (QED) is 0.941. The van der Waals surface area contributed by atoms with Gasteiger partial charge >= 0.3 is 0 Å². The molecule has 0 fully saturated rings. The van der Waals surface area contributed by atoms with E-state index in [1.54, 1.807) is 0 Å². The van der Waals surface area contributed by atoms with Gasteiger partial charge in [-0.2, -0.15) is 5.10 Å². The van der Waals surface area contributed by atoms with E-state index in [2.05, 4.69) is 57.5 Å². The van der Waals surface area contributed by atoms with Gasteiger partial charge in [0.25, 0.3) is 0 Å². The minimum atomic E-state index is 0.806. The van der Waals surface area contributed by atoms with E-state index >= 15 is 0 Å². The molecule has 1 N–H and O–H groups in total. The van der Waals surface area contributed by atoms with Crippen LogP contribution < -0.4 is 5.32 Å². The third-order valence-electron chi connectivity index (χ3n) is 2.92. The molecule has 1 aromatic heterocycles. The van der Waals surface area contributed by atoms with Gasteiger partial charge in [-0.1, -0.05) is 28.1 Å². The van der Waals surface area contributed by atoms with Gasteiger partial charge in [0.15, 0.2) is 0 Å². The van der Waals surface area contributed by atoms with E-state index < -0.39 is 0 Å². The van der Waals surface area contributed by atoms with Crippen LogP contribution in [0.1, 0.15) is 22.5 Å². The fourth-order valence-corrected chi connectivity index (χ4v) is 2.58. The van der Waals surface area contributed by atoms with Crippen molar-refractivity contribution in [2.75, 3.05) is 7.05 Å². The van der Waals surface area contributed by atoms with Gasteiger partial charge < -0.3 is 5.32 Å². The Hall–Kier alpha value is -1.13. The lowest BCUT2D eigenvalue weighted by molar-refractivity contribution is 0.657. The predicted octanol–water partition coefficient (Wildman–Crippen LogP) is 3.03. The molecular weight excluding hydrogens is 290 g/mol. The van der Waals surface area contributed by atoms with Crippen molar-refractivity contribution >= 4 is 15.9 Å². The molecule has 0 saturated heterocycles. The molecule has 0 spiro atoms. The average molecular weight is 308 g/mol.